The van der Waals surface area contributed by atoms with Crippen LogP contribution in [0, 0.1) is 13.8 Å². The number of hydrogen-bond donors (Lipinski definition) is 2. The maximum Gasteiger partial charge on any atom is 0.234 e. The average Bonchev–Trinajstić information content (AvgIpc) is 2.96. The van der Waals surface area contributed by atoms with Gasteiger partial charge in [0.05, 0.1) is 17.2 Å². The lowest BCUT2D eigenvalue weighted by atomic mass is 10.2. The summed E-state index contributed by atoms with van der Waals surface area (Å²) in [4.78, 5) is 17.5. The van der Waals surface area contributed by atoms with Crippen LogP contribution in [-0.2, 0) is 4.79 Å². The van der Waals surface area contributed by atoms with Gasteiger partial charge in [-0.1, -0.05) is 12.8 Å². The van der Waals surface area contributed by atoms with E-state index in [4.69, 9.17) is 0 Å². The summed E-state index contributed by atoms with van der Waals surface area (Å²) >= 11 is 1.70. The zero-order valence-corrected chi connectivity index (χ0v) is 12.8. The first kappa shape index (κ1) is 14.5. The molecule has 106 valence electrons. The molecule has 1 aromatic rings. The van der Waals surface area contributed by atoms with E-state index in [2.05, 4.69) is 22.5 Å². The number of hydrogen-bond acceptors (Lipinski definition) is 4. The minimum absolute atomic E-state index is 0.109. The quantitative estimate of drug-likeness (QED) is 0.872. The lowest BCUT2D eigenvalue weighted by molar-refractivity contribution is -0.121. The molecule has 1 aromatic heterocycles. The van der Waals surface area contributed by atoms with Crippen molar-refractivity contribution in [3.63, 3.8) is 0 Å². The summed E-state index contributed by atoms with van der Waals surface area (Å²) in [7, 11) is 0. The molecule has 0 saturated heterocycles. The zero-order chi connectivity index (χ0) is 13.8. The average molecular weight is 281 g/mol. The van der Waals surface area contributed by atoms with Crippen LogP contribution in [0.5, 0.6) is 0 Å². The number of carbonyl (C=O) groups excluding carboxylic acids is 1. The van der Waals surface area contributed by atoms with Crippen molar-refractivity contribution in [1.29, 1.82) is 0 Å². The second-order valence-corrected chi connectivity index (χ2v) is 6.57. The summed E-state index contributed by atoms with van der Waals surface area (Å²) in [5, 5.41) is 7.46. The molecule has 1 aliphatic rings. The minimum Gasteiger partial charge on any atom is -0.352 e. The van der Waals surface area contributed by atoms with Crippen molar-refractivity contribution in [2.24, 2.45) is 0 Å². The molecule has 1 heterocycles. The predicted molar refractivity (Wildman–Crippen MR) is 78.4 cm³/mol. The Hall–Kier alpha value is -0.940. The maximum absolute atomic E-state index is 11.8. The molecule has 0 radical (unpaired) electrons. The topological polar surface area (TPSA) is 54.0 Å². The normalized spacial score (nSPS) is 17.6. The second-order valence-electron chi connectivity index (χ2n) is 5.33. The molecule has 0 aromatic carbocycles. The van der Waals surface area contributed by atoms with Gasteiger partial charge in [-0.25, -0.2) is 4.98 Å². The number of nitrogens with zero attached hydrogens (tertiary/aromatic N) is 1. The highest BCUT2D eigenvalue weighted by atomic mass is 32.1. The monoisotopic (exact) mass is 281 g/mol. The molecule has 19 heavy (non-hydrogen) atoms. The van der Waals surface area contributed by atoms with Crippen molar-refractivity contribution in [3.8, 4) is 0 Å². The Morgan fingerprint density at radius 3 is 2.68 bits per heavy atom. The standard InChI is InChI=1S/C14H23N3OS/c1-9(14-10(2)16-11(3)19-14)15-8-13(18)17-12-6-4-5-7-12/h9,12,15H,4-8H2,1-3H3,(H,17,18). The molecular weight excluding hydrogens is 258 g/mol. The molecule has 5 heteroatoms. The van der Waals surface area contributed by atoms with Crippen LogP contribution in [-0.4, -0.2) is 23.5 Å². The first-order valence-electron chi connectivity index (χ1n) is 7.03. The van der Waals surface area contributed by atoms with Gasteiger partial charge in [-0.2, -0.15) is 0 Å². The molecule has 1 amide bonds. The fraction of sp³-hybridized carbons (Fsp3) is 0.714. The van der Waals surface area contributed by atoms with Gasteiger partial charge in [0.15, 0.2) is 0 Å². The fourth-order valence-corrected chi connectivity index (χ4v) is 3.59. The summed E-state index contributed by atoms with van der Waals surface area (Å²) in [5.41, 5.74) is 1.07. The molecule has 0 bridgehead atoms. The van der Waals surface area contributed by atoms with Crippen LogP contribution >= 0.6 is 11.3 Å². The lowest BCUT2D eigenvalue weighted by Crippen LogP contribution is -2.39. The number of aromatic nitrogens is 1. The third kappa shape index (κ3) is 4.01. The van der Waals surface area contributed by atoms with E-state index in [-0.39, 0.29) is 11.9 Å². The molecule has 1 fully saturated rings. The van der Waals surface area contributed by atoms with Crippen LogP contribution in [0.4, 0.5) is 0 Å². The molecule has 1 saturated carbocycles. The highest BCUT2D eigenvalue weighted by Gasteiger charge is 2.18. The van der Waals surface area contributed by atoms with E-state index in [1.54, 1.807) is 11.3 Å². The van der Waals surface area contributed by atoms with Gasteiger partial charge >= 0.3 is 0 Å². The van der Waals surface area contributed by atoms with Gasteiger partial charge in [0.25, 0.3) is 0 Å². The Bertz CT molecular complexity index is 438. The predicted octanol–water partition coefficient (Wildman–Crippen LogP) is 2.47. The SMILES string of the molecule is Cc1nc(C)c(C(C)NCC(=O)NC2CCCC2)s1. The van der Waals surface area contributed by atoms with Crippen molar-refractivity contribution < 1.29 is 4.79 Å². The molecule has 1 atom stereocenters. The summed E-state index contributed by atoms with van der Waals surface area (Å²) in [6, 6.07) is 0.581. The van der Waals surface area contributed by atoms with Gasteiger partial charge in [-0.15, -0.1) is 11.3 Å². The Balaban J connectivity index is 1.78. The van der Waals surface area contributed by atoms with Crippen LogP contribution in [0.15, 0.2) is 0 Å². The van der Waals surface area contributed by atoms with E-state index in [0.29, 0.717) is 12.6 Å². The van der Waals surface area contributed by atoms with Gasteiger partial charge in [-0.05, 0) is 33.6 Å². The molecular formula is C14H23N3OS. The maximum atomic E-state index is 11.8. The third-order valence-electron chi connectivity index (χ3n) is 3.62. The highest BCUT2D eigenvalue weighted by Crippen LogP contribution is 2.24. The first-order valence-corrected chi connectivity index (χ1v) is 7.84. The zero-order valence-electron chi connectivity index (χ0n) is 12.0. The van der Waals surface area contributed by atoms with Crippen molar-refractivity contribution in [2.75, 3.05) is 6.54 Å². The molecule has 4 nitrogen and oxygen atoms in total. The number of nitrogens with one attached hydrogen (secondary N) is 2. The van der Waals surface area contributed by atoms with Crippen LogP contribution < -0.4 is 10.6 Å². The van der Waals surface area contributed by atoms with Crippen LogP contribution in [0.1, 0.15) is 54.2 Å². The summed E-state index contributed by atoms with van der Waals surface area (Å²) < 4.78 is 0. The van der Waals surface area contributed by atoms with Gasteiger partial charge in [-0.3, -0.25) is 4.79 Å². The second kappa shape index (κ2) is 6.48. The Labute approximate surface area is 119 Å². The summed E-state index contributed by atoms with van der Waals surface area (Å²) in [6.07, 6.45) is 4.76. The Morgan fingerprint density at radius 1 is 1.42 bits per heavy atom. The van der Waals surface area contributed by atoms with Crippen LogP contribution in [0.25, 0.3) is 0 Å². The lowest BCUT2D eigenvalue weighted by Gasteiger charge is -2.15. The molecule has 2 rings (SSSR count). The number of thiazole rings is 1. The Morgan fingerprint density at radius 2 is 2.11 bits per heavy atom. The first-order chi connectivity index (χ1) is 9.06. The van der Waals surface area contributed by atoms with E-state index in [1.165, 1.54) is 17.7 Å². The fourth-order valence-electron chi connectivity index (χ4n) is 2.64. The molecule has 1 aliphatic carbocycles. The largest absolute Gasteiger partial charge is 0.352 e. The molecule has 2 N–H and O–H groups in total. The van der Waals surface area contributed by atoms with Crippen LogP contribution in [0.2, 0.25) is 0 Å². The van der Waals surface area contributed by atoms with Gasteiger partial charge in [0.2, 0.25) is 5.91 Å². The van der Waals surface area contributed by atoms with E-state index in [0.717, 1.165) is 23.5 Å². The smallest absolute Gasteiger partial charge is 0.234 e. The van der Waals surface area contributed by atoms with E-state index < -0.39 is 0 Å². The van der Waals surface area contributed by atoms with Crippen molar-refractivity contribution >= 4 is 17.2 Å². The van der Waals surface area contributed by atoms with E-state index >= 15 is 0 Å². The van der Waals surface area contributed by atoms with E-state index in [9.17, 15) is 4.79 Å². The van der Waals surface area contributed by atoms with E-state index in [1.807, 2.05) is 13.8 Å². The minimum atomic E-state index is 0.109. The summed E-state index contributed by atoms with van der Waals surface area (Å²) in [5.74, 6) is 0.109. The number of carbonyl (C=O) groups is 1. The van der Waals surface area contributed by atoms with Crippen molar-refractivity contribution in [1.82, 2.24) is 15.6 Å². The van der Waals surface area contributed by atoms with Crippen LogP contribution in [0.3, 0.4) is 0 Å². The molecule has 0 spiro atoms. The number of aryl methyl sites for hydroxylation is 2. The third-order valence-corrected chi connectivity index (χ3v) is 4.88. The van der Waals surface area contributed by atoms with Crippen molar-refractivity contribution in [3.05, 3.63) is 15.6 Å². The van der Waals surface area contributed by atoms with Gasteiger partial charge in [0.1, 0.15) is 0 Å². The van der Waals surface area contributed by atoms with Gasteiger partial charge < -0.3 is 10.6 Å². The van der Waals surface area contributed by atoms with Gasteiger partial charge in [0, 0.05) is 17.0 Å². The molecule has 0 aliphatic heterocycles. The number of amides is 1. The summed E-state index contributed by atoms with van der Waals surface area (Å²) in [6.45, 7) is 6.51. The Kier molecular flexibility index (Phi) is 4.93. The molecule has 1 unspecified atom stereocenters. The van der Waals surface area contributed by atoms with Crippen molar-refractivity contribution in [2.45, 2.75) is 58.5 Å². The highest BCUT2D eigenvalue weighted by molar-refractivity contribution is 7.11. The number of rotatable bonds is 5.